The van der Waals surface area contributed by atoms with Crippen LogP contribution in [0.15, 0.2) is 0 Å². The molecule has 2 amide bonds. The zero-order valence-corrected chi connectivity index (χ0v) is 14.8. The largest absolute Gasteiger partial charge is 0.481 e. The van der Waals surface area contributed by atoms with Gasteiger partial charge in [-0.25, -0.2) is 0 Å². The summed E-state index contributed by atoms with van der Waals surface area (Å²) in [4.78, 5) is 36.9. The first-order valence-electron chi connectivity index (χ1n) is 7.70. The van der Waals surface area contributed by atoms with Crippen LogP contribution in [-0.4, -0.2) is 40.9 Å². The summed E-state index contributed by atoms with van der Waals surface area (Å²) >= 11 is 1.08. The van der Waals surface area contributed by atoms with E-state index >= 15 is 0 Å². The van der Waals surface area contributed by atoms with Gasteiger partial charge in [0.15, 0.2) is 0 Å². The topological polar surface area (TPSA) is 110 Å². The molecule has 0 saturated heterocycles. The molecule has 0 aliphatic carbocycles. The molecule has 7 nitrogen and oxygen atoms in total. The normalized spacial score (nSPS) is 10.1. The van der Waals surface area contributed by atoms with Gasteiger partial charge in [-0.2, -0.15) is 5.26 Å². The van der Waals surface area contributed by atoms with Crippen molar-refractivity contribution >= 4 is 34.1 Å². The van der Waals surface area contributed by atoms with Crippen LogP contribution in [0.2, 0.25) is 0 Å². The third-order valence-electron chi connectivity index (χ3n) is 3.55. The Morgan fingerprint density at radius 3 is 2.38 bits per heavy atom. The Morgan fingerprint density at radius 2 is 1.88 bits per heavy atom. The molecule has 2 N–H and O–H groups in total. The zero-order chi connectivity index (χ0) is 18.3. The molecule has 1 rings (SSSR count). The van der Waals surface area contributed by atoms with Crippen molar-refractivity contribution in [2.75, 3.05) is 18.4 Å². The van der Waals surface area contributed by atoms with Crippen LogP contribution in [0.4, 0.5) is 5.00 Å². The van der Waals surface area contributed by atoms with Gasteiger partial charge in [0.25, 0.3) is 5.91 Å². The third-order valence-corrected chi connectivity index (χ3v) is 4.75. The number of amides is 2. The number of rotatable bonds is 8. The lowest BCUT2D eigenvalue weighted by molar-refractivity contribution is -0.137. The minimum absolute atomic E-state index is 0.0490. The summed E-state index contributed by atoms with van der Waals surface area (Å²) < 4.78 is 0. The maximum atomic E-state index is 12.5. The van der Waals surface area contributed by atoms with Gasteiger partial charge in [-0.3, -0.25) is 14.4 Å². The molecule has 0 saturated carbocycles. The van der Waals surface area contributed by atoms with E-state index in [1.807, 2.05) is 19.9 Å². The average molecular weight is 351 g/mol. The number of carbonyl (C=O) groups excluding carboxylic acids is 2. The highest BCUT2D eigenvalue weighted by molar-refractivity contribution is 7.18. The fourth-order valence-electron chi connectivity index (χ4n) is 2.18. The highest BCUT2D eigenvalue weighted by Gasteiger charge is 2.23. The minimum Gasteiger partial charge on any atom is -0.481 e. The van der Waals surface area contributed by atoms with Crippen molar-refractivity contribution in [3.63, 3.8) is 0 Å². The van der Waals surface area contributed by atoms with Crippen molar-refractivity contribution in [3.05, 3.63) is 16.0 Å². The fourth-order valence-corrected chi connectivity index (χ4v) is 3.33. The summed E-state index contributed by atoms with van der Waals surface area (Å²) in [7, 11) is 0. The van der Waals surface area contributed by atoms with Gasteiger partial charge in [0.05, 0.1) is 10.4 Å². The van der Waals surface area contributed by atoms with Crippen LogP contribution in [0.25, 0.3) is 0 Å². The molecule has 0 unspecified atom stereocenters. The quantitative estimate of drug-likeness (QED) is 0.748. The van der Waals surface area contributed by atoms with E-state index < -0.39 is 5.97 Å². The molecule has 130 valence electrons. The van der Waals surface area contributed by atoms with Crippen LogP contribution < -0.4 is 5.32 Å². The molecule has 1 aromatic rings. The number of carbonyl (C=O) groups is 3. The SMILES string of the molecule is CCN(CC)C(=O)c1sc(NC(=O)CCCC(=O)O)c(C#N)c1C. The maximum Gasteiger partial charge on any atom is 0.303 e. The van der Waals surface area contributed by atoms with Gasteiger partial charge >= 0.3 is 5.97 Å². The molecule has 8 heteroatoms. The highest BCUT2D eigenvalue weighted by Crippen LogP contribution is 2.33. The second kappa shape index (κ2) is 9.03. The number of anilines is 1. The molecule has 0 fully saturated rings. The van der Waals surface area contributed by atoms with E-state index in [0.717, 1.165) is 11.3 Å². The van der Waals surface area contributed by atoms with Gasteiger partial charge in [0.1, 0.15) is 11.1 Å². The molecule has 0 bridgehead atoms. The molecular weight excluding hydrogens is 330 g/mol. The number of thiophene rings is 1. The Kier molecular flexibility index (Phi) is 7.39. The molecule has 0 radical (unpaired) electrons. The van der Waals surface area contributed by atoms with Gasteiger partial charge in [0.2, 0.25) is 5.91 Å². The summed E-state index contributed by atoms with van der Waals surface area (Å²) in [5.41, 5.74) is 0.835. The standard InChI is InChI=1S/C16H21N3O4S/c1-4-19(5-2)16(23)14-10(3)11(9-17)15(24-14)18-12(20)7-6-8-13(21)22/h4-8H2,1-3H3,(H,18,20)(H,21,22). The van der Waals surface area contributed by atoms with Crippen molar-refractivity contribution in [1.82, 2.24) is 4.90 Å². The number of hydrogen-bond donors (Lipinski definition) is 2. The summed E-state index contributed by atoms with van der Waals surface area (Å²) in [5, 5.41) is 20.9. The lowest BCUT2D eigenvalue weighted by Gasteiger charge is -2.17. The lowest BCUT2D eigenvalue weighted by Crippen LogP contribution is -2.30. The first-order valence-corrected chi connectivity index (χ1v) is 8.51. The van der Waals surface area contributed by atoms with Gasteiger partial charge in [-0.15, -0.1) is 11.3 Å². The number of nitrogens with zero attached hydrogens (tertiary/aromatic N) is 2. The molecule has 0 aliphatic rings. The van der Waals surface area contributed by atoms with Crippen molar-refractivity contribution < 1.29 is 19.5 Å². The van der Waals surface area contributed by atoms with Crippen LogP contribution in [0.3, 0.4) is 0 Å². The number of carboxylic acid groups (broad SMARTS) is 1. The van der Waals surface area contributed by atoms with Crippen molar-refractivity contribution in [1.29, 1.82) is 5.26 Å². The molecule has 0 spiro atoms. The number of nitrogens with one attached hydrogen (secondary N) is 1. The predicted molar refractivity (Wildman–Crippen MR) is 91.1 cm³/mol. The van der Waals surface area contributed by atoms with E-state index in [2.05, 4.69) is 5.32 Å². The van der Waals surface area contributed by atoms with E-state index in [1.54, 1.807) is 11.8 Å². The predicted octanol–water partition coefficient (Wildman–Crippen LogP) is 2.60. The summed E-state index contributed by atoms with van der Waals surface area (Å²) in [6.07, 6.45) is 0.180. The Labute approximate surface area is 144 Å². The monoisotopic (exact) mass is 351 g/mol. The lowest BCUT2D eigenvalue weighted by atomic mass is 10.1. The number of aliphatic carboxylic acids is 1. The molecule has 0 atom stereocenters. The van der Waals surface area contributed by atoms with Gasteiger partial charge in [-0.05, 0) is 32.8 Å². The highest BCUT2D eigenvalue weighted by atomic mass is 32.1. The Balaban J connectivity index is 2.95. The van der Waals surface area contributed by atoms with Crippen molar-refractivity contribution in [2.24, 2.45) is 0 Å². The van der Waals surface area contributed by atoms with Crippen LogP contribution in [0, 0.1) is 18.3 Å². The van der Waals surface area contributed by atoms with E-state index in [0.29, 0.717) is 28.5 Å². The Bertz CT molecular complexity index is 672. The van der Waals surface area contributed by atoms with E-state index in [1.165, 1.54) is 0 Å². The zero-order valence-electron chi connectivity index (χ0n) is 14.0. The van der Waals surface area contributed by atoms with Crippen molar-refractivity contribution in [3.8, 4) is 6.07 Å². The van der Waals surface area contributed by atoms with Crippen LogP contribution in [0.5, 0.6) is 0 Å². The second-order valence-electron chi connectivity index (χ2n) is 5.15. The van der Waals surface area contributed by atoms with Crippen molar-refractivity contribution in [2.45, 2.75) is 40.0 Å². The maximum absolute atomic E-state index is 12.5. The van der Waals surface area contributed by atoms with Gasteiger partial charge < -0.3 is 15.3 Å². The van der Waals surface area contributed by atoms with Gasteiger partial charge in [-0.1, -0.05) is 0 Å². The number of carboxylic acids is 1. The van der Waals surface area contributed by atoms with Gasteiger partial charge in [0, 0.05) is 25.9 Å². The fraction of sp³-hybridized carbons (Fsp3) is 0.500. The molecule has 24 heavy (non-hydrogen) atoms. The third kappa shape index (κ3) is 4.80. The molecule has 1 heterocycles. The van der Waals surface area contributed by atoms with E-state index in [-0.39, 0.29) is 36.6 Å². The second-order valence-corrected chi connectivity index (χ2v) is 6.17. The van der Waals surface area contributed by atoms with Crippen LogP contribution >= 0.6 is 11.3 Å². The summed E-state index contributed by atoms with van der Waals surface area (Å²) in [6, 6.07) is 2.02. The Morgan fingerprint density at radius 1 is 1.25 bits per heavy atom. The average Bonchev–Trinajstić information content (AvgIpc) is 2.83. The Hall–Kier alpha value is -2.40. The van der Waals surface area contributed by atoms with Crippen LogP contribution in [0.1, 0.15) is 53.9 Å². The first-order chi connectivity index (χ1) is 11.3. The van der Waals surface area contributed by atoms with E-state index in [9.17, 15) is 19.6 Å². The number of nitriles is 1. The smallest absolute Gasteiger partial charge is 0.303 e. The minimum atomic E-state index is -0.959. The number of hydrogen-bond acceptors (Lipinski definition) is 5. The summed E-state index contributed by atoms with van der Waals surface area (Å²) in [6.45, 7) is 6.56. The van der Waals surface area contributed by atoms with E-state index in [4.69, 9.17) is 5.11 Å². The molecule has 0 aromatic carbocycles. The molecular formula is C16H21N3O4S. The first kappa shape index (κ1) is 19.6. The summed E-state index contributed by atoms with van der Waals surface area (Å²) in [5.74, 6) is -1.49. The molecule has 0 aliphatic heterocycles. The van der Waals surface area contributed by atoms with Crippen LogP contribution in [-0.2, 0) is 9.59 Å². The molecule has 1 aromatic heterocycles.